The van der Waals surface area contributed by atoms with Gasteiger partial charge in [-0.15, -0.1) is 0 Å². The summed E-state index contributed by atoms with van der Waals surface area (Å²) in [6, 6.07) is 3.40. The monoisotopic (exact) mass is 276 g/mol. The van der Waals surface area contributed by atoms with Crippen molar-refractivity contribution in [2.24, 2.45) is 0 Å². The molecule has 1 heterocycles. The first kappa shape index (κ1) is 13.9. The van der Waals surface area contributed by atoms with Gasteiger partial charge in [-0.25, -0.2) is 14.2 Å². The number of rotatable bonds is 3. The molecule has 0 amide bonds. The summed E-state index contributed by atoms with van der Waals surface area (Å²) in [6.07, 6.45) is 1.22. The fourth-order valence-electron chi connectivity index (χ4n) is 2.03. The highest BCUT2D eigenvalue weighted by Gasteiger charge is 2.16. The molecule has 0 aliphatic rings. The second-order valence-corrected chi connectivity index (χ2v) is 4.68. The van der Waals surface area contributed by atoms with Crippen LogP contribution in [-0.4, -0.2) is 21.0 Å². The summed E-state index contributed by atoms with van der Waals surface area (Å²) in [4.78, 5) is 29.3. The van der Waals surface area contributed by atoms with E-state index < -0.39 is 11.8 Å². The van der Waals surface area contributed by atoms with Gasteiger partial charge in [0.25, 0.3) is 5.56 Å². The van der Waals surface area contributed by atoms with Gasteiger partial charge in [-0.05, 0) is 24.1 Å². The molecule has 0 aliphatic heterocycles. The van der Waals surface area contributed by atoms with Crippen molar-refractivity contribution in [2.45, 2.75) is 19.8 Å². The number of aromatic amines is 1. The van der Waals surface area contributed by atoms with Gasteiger partial charge < -0.3 is 10.1 Å². The molecule has 20 heavy (non-hydrogen) atoms. The van der Waals surface area contributed by atoms with Crippen molar-refractivity contribution in [3.8, 4) is 11.3 Å². The van der Waals surface area contributed by atoms with Gasteiger partial charge in [-0.1, -0.05) is 13.8 Å². The third kappa shape index (κ3) is 2.59. The summed E-state index contributed by atoms with van der Waals surface area (Å²) in [5, 5.41) is 8.96. The predicted molar refractivity (Wildman–Crippen MR) is 71.3 cm³/mol. The molecule has 0 fully saturated rings. The summed E-state index contributed by atoms with van der Waals surface area (Å²) < 4.78 is 13.5. The maximum atomic E-state index is 13.5. The number of carboxylic acids is 1. The number of H-pyrrole nitrogens is 1. The Bertz CT molecular complexity index is 723. The molecule has 0 atom stereocenters. The molecule has 0 spiro atoms. The molecule has 2 aromatic rings. The summed E-state index contributed by atoms with van der Waals surface area (Å²) in [5.41, 5.74) is 0.473. The van der Waals surface area contributed by atoms with Crippen LogP contribution in [0.1, 0.15) is 35.7 Å². The lowest BCUT2D eigenvalue weighted by Gasteiger charge is -2.11. The third-order valence-electron chi connectivity index (χ3n) is 2.88. The normalized spacial score (nSPS) is 10.8. The van der Waals surface area contributed by atoms with Crippen LogP contribution in [0.3, 0.4) is 0 Å². The van der Waals surface area contributed by atoms with Crippen LogP contribution in [0.4, 0.5) is 4.39 Å². The van der Waals surface area contributed by atoms with Gasteiger partial charge in [-0.2, -0.15) is 0 Å². The van der Waals surface area contributed by atoms with E-state index in [4.69, 9.17) is 5.11 Å². The molecule has 2 rings (SSSR count). The molecule has 0 saturated heterocycles. The number of nitrogens with one attached hydrogen (secondary N) is 1. The van der Waals surface area contributed by atoms with E-state index in [1.165, 1.54) is 18.5 Å². The molecule has 5 nitrogen and oxygen atoms in total. The lowest BCUT2D eigenvalue weighted by molar-refractivity contribution is 0.0696. The second-order valence-electron chi connectivity index (χ2n) is 4.68. The van der Waals surface area contributed by atoms with E-state index in [1.807, 2.05) is 13.8 Å². The molecule has 1 aromatic carbocycles. The number of aromatic carboxylic acids is 1. The van der Waals surface area contributed by atoms with Crippen LogP contribution in [0.15, 0.2) is 29.3 Å². The molecular formula is C14H13FN2O3. The van der Waals surface area contributed by atoms with Crippen LogP contribution >= 0.6 is 0 Å². The first-order chi connectivity index (χ1) is 9.40. The minimum atomic E-state index is -1.23. The van der Waals surface area contributed by atoms with E-state index in [-0.39, 0.29) is 22.6 Å². The van der Waals surface area contributed by atoms with Gasteiger partial charge in [0.1, 0.15) is 5.82 Å². The van der Waals surface area contributed by atoms with Crippen LogP contribution in [0, 0.1) is 5.82 Å². The third-order valence-corrected chi connectivity index (χ3v) is 2.88. The number of hydrogen-bond donors (Lipinski definition) is 2. The highest BCUT2D eigenvalue weighted by atomic mass is 19.1. The number of carboxylic acid groups (broad SMARTS) is 1. The van der Waals surface area contributed by atoms with Crippen LogP contribution in [-0.2, 0) is 0 Å². The SMILES string of the molecule is CC(C)c1c(-c2cc(F)cc(C(=O)O)c2)nc[nH]c1=O. The summed E-state index contributed by atoms with van der Waals surface area (Å²) in [7, 11) is 0. The smallest absolute Gasteiger partial charge is 0.335 e. The quantitative estimate of drug-likeness (QED) is 0.901. The second kappa shape index (κ2) is 5.24. The van der Waals surface area contributed by atoms with Gasteiger partial charge in [0.05, 0.1) is 17.6 Å². The summed E-state index contributed by atoms with van der Waals surface area (Å²) >= 11 is 0. The molecule has 0 unspecified atom stereocenters. The Morgan fingerprint density at radius 3 is 2.65 bits per heavy atom. The highest BCUT2D eigenvalue weighted by Crippen LogP contribution is 2.25. The number of nitrogens with zero attached hydrogens (tertiary/aromatic N) is 1. The largest absolute Gasteiger partial charge is 0.478 e. The van der Waals surface area contributed by atoms with Crippen molar-refractivity contribution in [3.05, 3.63) is 51.8 Å². The van der Waals surface area contributed by atoms with E-state index in [2.05, 4.69) is 9.97 Å². The Morgan fingerprint density at radius 2 is 2.05 bits per heavy atom. The van der Waals surface area contributed by atoms with Crippen molar-refractivity contribution in [1.29, 1.82) is 0 Å². The molecule has 2 N–H and O–H groups in total. The zero-order valence-corrected chi connectivity index (χ0v) is 11.0. The molecule has 1 aromatic heterocycles. The van der Waals surface area contributed by atoms with Crippen molar-refractivity contribution in [1.82, 2.24) is 9.97 Å². The van der Waals surface area contributed by atoms with Crippen LogP contribution in [0.2, 0.25) is 0 Å². The molecule has 0 radical (unpaired) electrons. The number of carbonyl (C=O) groups is 1. The average molecular weight is 276 g/mol. The maximum Gasteiger partial charge on any atom is 0.335 e. The Morgan fingerprint density at radius 1 is 1.35 bits per heavy atom. The van der Waals surface area contributed by atoms with E-state index in [0.29, 0.717) is 11.3 Å². The Kier molecular flexibility index (Phi) is 3.65. The van der Waals surface area contributed by atoms with Crippen molar-refractivity contribution >= 4 is 5.97 Å². The van der Waals surface area contributed by atoms with Gasteiger partial charge in [0.2, 0.25) is 0 Å². The van der Waals surface area contributed by atoms with Gasteiger partial charge in [-0.3, -0.25) is 4.79 Å². The number of benzene rings is 1. The predicted octanol–water partition coefficient (Wildman–Crippen LogP) is 2.40. The van der Waals surface area contributed by atoms with Crippen LogP contribution in [0.5, 0.6) is 0 Å². The van der Waals surface area contributed by atoms with Crippen LogP contribution in [0.25, 0.3) is 11.3 Å². The van der Waals surface area contributed by atoms with Gasteiger partial charge >= 0.3 is 5.97 Å². The van der Waals surface area contributed by atoms with E-state index in [9.17, 15) is 14.0 Å². The molecule has 0 aliphatic carbocycles. The average Bonchev–Trinajstić information content (AvgIpc) is 2.37. The number of hydrogen-bond acceptors (Lipinski definition) is 3. The Balaban J connectivity index is 2.72. The standard InChI is InChI=1S/C14H13FN2O3/c1-7(2)11-12(16-6-17-13(11)18)8-3-9(14(19)20)5-10(15)4-8/h3-7H,1-2H3,(H,19,20)(H,16,17,18). The molecule has 104 valence electrons. The topological polar surface area (TPSA) is 83.0 Å². The fourth-order valence-corrected chi connectivity index (χ4v) is 2.03. The Hall–Kier alpha value is -2.50. The first-order valence-corrected chi connectivity index (χ1v) is 6.02. The summed E-state index contributed by atoms with van der Waals surface area (Å²) in [6.45, 7) is 3.63. The zero-order chi connectivity index (χ0) is 14.9. The zero-order valence-electron chi connectivity index (χ0n) is 11.0. The van der Waals surface area contributed by atoms with Crippen molar-refractivity contribution in [3.63, 3.8) is 0 Å². The molecular weight excluding hydrogens is 263 g/mol. The fraction of sp³-hybridized carbons (Fsp3) is 0.214. The minimum absolute atomic E-state index is 0.126. The molecule has 6 heteroatoms. The lowest BCUT2D eigenvalue weighted by atomic mass is 9.97. The lowest BCUT2D eigenvalue weighted by Crippen LogP contribution is -2.16. The van der Waals surface area contributed by atoms with Crippen molar-refractivity contribution < 1.29 is 14.3 Å². The Labute approximate surface area is 114 Å². The minimum Gasteiger partial charge on any atom is -0.478 e. The van der Waals surface area contributed by atoms with E-state index >= 15 is 0 Å². The highest BCUT2D eigenvalue weighted by molar-refractivity contribution is 5.89. The number of halogens is 1. The van der Waals surface area contributed by atoms with Gasteiger partial charge in [0, 0.05) is 11.1 Å². The molecule has 0 bridgehead atoms. The number of aromatic nitrogens is 2. The summed E-state index contributed by atoms with van der Waals surface area (Å²) in [5.74, 6) is -2.04. The van der Waals surface area contributed by atoms with Crippen LogP contribution < -0.4 is 5.56 Å². The van der Waals surface area contributed by atoms with Gasteiger partial charge in [0.15, 0.2) is 0 Å². The molecule has 0 saturated carbocycles. The van der Waals surface area contributed by atoms with E-state index in [1.54, 1.807) is 0 Å². The first-order valence-electron chi connectivity index (χ1n) is 6.02. The van der Waals surface area contributed by atoms with E-state index in [0.717, 1.165) is 6.07 Å². The van der Waals surface area contributed by atoms with Crippen molar-refractivity contribution in [2.75, 3.05) is 0 Å². The maximum absolute atomic E-state index is 13.5.